The minimum Gasteiger partial charge on any atom is -0.490 e. The standard InChI is InChI=1S/C31H33F3O3/c1-3-5-7-8-21-19-36-31(37-20-21)24-13-14-25(27(32)18-24)22-9-11-23(12-10-22)26-15-16-28(30(34)29(26)33)35-17-6-4-2/h3,5,9-16,18,21,31H,4,6-8,17,19-20H2,1-2H3. The molecule has 3 nitrogen and oxygen atoms in total. The van der Waals surface area contributed by atoms with Crippen molar-refractivity contribution in [3.05, 3.63) is 89.8 Å². The van der Waals surface area contributed by atoms with Crippen molar-refractivity contribution in [2.24, 2.45) is 5.92 Å². The zero-order valence-corrected chi connectivity index (χ0v) is 21.3. The molecule has 0 atom stereocenters. The molecule has 1 saturated heterocycles. The highest BCUT2D eigenvalue weighted by Crippen LogP contribution is 2.34. The Bertz CT molecular complexity index is 1200. The van der Waals surface area contributed by atoms with Crippen LogP contribution in [0.2, 0.25) is 0 Å². The van der Waals surface area contributed by atoms with Crippen molar-refractivity contribution in [2.75, 3.05) is 19.8 Å². The number of unbranched alkanes of at least 4 members (excludes halogenated alkanes) is 1. The Morgan fingerprint density at radius 2 is 1.57 bits per heavy atom. The molecule has 0 aliphatic carbocycles. The van der Waals surface area contributed by atoms with Gasteiger partial charge >= 0.3 is 0 Å². The van der Waals surface area contributed by atoms with Gasteiger partial charge in [0.05, 0.1) is 19.8 Å². The molecule has 0 saturated carbocycles. The summed E-state index contributed by atoms with van der Waals surface area (Å²) in [5.74, 6) is -2.13. The lowest BCUT2D eigenvalue weighted by atomic mass is 9.98. The summed E-state index contributed by atoms with van der Waals surface area (Å²) in [5.41, 5.74) is 2.27. The fourth-order valence-electron chi connectivity index (χ4n) is 4.33. The third kappa shape index (κ3) is 6.62. The molecule has 1 aliphatic rings. The summed E-state index contributed by atoms with van der Waals surface area (Å²) in [6.45, 7) is 5.49. The van der Waals surface area contributed by atoms with E-state index in [2.05, 4.69) is 6.08 Å². The van der Waals surface area contributed by atoms with Crippen molar-refractivity contribution >= 4 is 0 Å². The molecule has 1 fully saturated rings. The monoisotopic (exact) mass is 510 g/mol. The third-order valence-electron chi connectivity index (χ3n) is 6.52. The van der Waals surface area contributed by atoms with Crippen LogP contribution in [0.4, 0.5) is 13.2 Å². The molecule has 0 bridgehead atoms. The average molecular weight is 511 g/mol. The van der Waals surface area contributed by atoms with Crippen LogP contribution in [0.15, 0.2) is 66.7 Å². The quantitative estimate of drug-likeness (QED) is 0.202. The van der Waals surface area contributed by atoms with Crippen LogP contribution in [0, 0.1) is 23.4 Å². The second-order valence-corrected chi connectivity index (χ2v) is 9.27. The zero-order valence-electron chi connectivity index (χ0n) is 21.3. The van der Waals surface area contributed by atoms with Crippen molar-refractivity contribution < 1.29 is 27.4 Å². The second-order valence-electron chi connectivity index (χ2n) is 9.27. The van der Waals surface area contributed by atoms with Gasteiger partial charge < -0.3 is 14.2 Å². The van der Waals surface area contributed by atoms with E-state index in [0.717, 1.165) is 25.7 Å². The molecule has 0 unspecified atom stereocenters. The van der Waals surface area contributed by atoms with Crippen molar-refractivity contribution in [1.29, 1.82) is 0 Å². The van der Waals surface area contributed by atoms with Gasteiger partial charge in [0.2, 0.25) is 5.82 Å². The summed E-state index contributed by atoms with van der Waals surface area (Å²) in [6, 6.07) is 14.5. The Morgan fingerprint density at radius 1 is 0.892 bits per heavy atom. The molecule has 0 amide bonds. The molecule has 196 valence electrons. The van der Waals surface area contributed by atoms with Gasteiger partial charge in [-0.05, 0) is 55.5 Å². The summed E-state index contributed by atoms with van der Waals surface area (Å²) >= 11 is 0. The predicted octanol–water partition coefficient (Wildman–Crippen LogP) is 8.63. The van der Waals surface area contributed by atoms with E-state index in [1.165, 1.54) is 18.2 Å². The Morgan fingerprint density at radius 3 is 2.22 bits per heavy atom. The van der Waals surface area contributed by atoms with Gasteiger partial charge in [0.25, 0.3) is 0 Å². The summed E-state index contributed by atoms with van der Waals surface area (Å²) < 4.78 is 61.3. The first-order valence-electron chi connectivity index (χ1n) is 12.9. The van der Waals surface area contributed by atoms with E-state index in [9.17, 15) is 8.78 Å². The molecule has 6 heteroatoms. The zero-order chi connectivity index (χ0) is 26.2. The minimum atomic E-state index is -1.00. The van der Waals surface area contributed by atoms with Crippen molar-refractivity contribution in [3.63, 3.8) is 0 Å². The average Bonchev–Trinajstić information content (AvgIpc) is 2.92. The molecule has 3 aromatic carbocycles. The fourth-order valence-corrected chi connectivity index (χ4v) is 4.33. The lowest BCUT2D eigenvalue weighted by molar-refractivity contribution is -0.205. The number of rotatable bonds is 10. The molecule has 0 aromatic heterocycles. The van der Waals surface area contributed by atoms with Gasteiger partial charge in [-0.3, -0.25) is 0 Å². The molecule has 37 heavy (non-hydrogen) atoms. The van der Waals surface area contributed by atoms with Crippen LogP contribution >= 0.6 is 0 Å². The van der Waals surface area contributed by atoms with Crippen LogP contribution in [0.1, 0.15) is 51.4 Å². The van der Waals surface area contributed by atoms with Gasteiger partial charge in [-0.1, -0.05) is 61.9 Å². The lowest BCUT2D eigenvalue weighted by Crippen LogP contribution is -2.27. The highest BCUT2D eigenvalue weighted by molar-refractivity contribution is 5.71. The Kier molecular flexibility index (Phi) is 9.42. The number of hydrogen-bond donors (Lipinski definition) is 0. The summed E-state index contributed by atoms with van der Waals surface area (Å²) in [7, 11) is 0. The maximum Gasteiger partial charge on any atom is 0.201 e. The number of allylic oxidation sites excluding steroid dienone is 2. The molecule has 3 aromatic rings. The molecular formula is C31H33F3O3. The van der Waals surface area contributed by atoms with Crippen LogP contribution in [0.25, 0.3) is 22.3 Å². The maximum atomic E-state index is 15.0. The molecule has 0 N–H and O–H groups in total. The lowest BCUT2D eigenvalue weighted by Gasteiger charge is -2.29. The fraction of sp³-hybridized carbons (Fsp3) is 0.355. The molecule has 4 rings (SSSR count). The SMILES string of the molecule is CC=CCCC1COC(c2ccc(-c3ccc(-c4ccc(OCCCC)c(F)c4F)cc3)c(F)c2)OC1. The van der Waals surface area contributed by atoms with Gasteiger partial charge in [-0.15, -0.1) is 0 Å². The van der Waals surface area contributed by atoms with E-state index in [1.807, 2.05) is 19.9 Å². The maximum absolute atomic E-state index is 15.0. The first-order chi connectivity index (χ1) is 18.0. The third-order valence-corrected chi connectivity index (χ3v) is 6.52. The highest BCUT2D eigenvalue weighted by atomic mass is 19.2. The smallest absolute Gasteiger partial charge is 0.201 e. The number of halogens is 3. The summed E-state index contributed by atoms with van der Waals surface area (Å²) in [5, 5.41) is 0. The van der Waals surface area contributed by atoms with E-state index >= 15 is 4.39 Å². The molecule has 0 radical (unpaired) electrons. The Labute approximate surface area is 216 Å². The highest BCUT2D eigenvalue weighted by Gasteiger charge is 2.24. The first kappa shape index (κ1) is 27.0. The van der Waals surface area contributed by atoms with Gasteiger partial charge in [0, 0.05) is 22.6 Å². The van der Waals surface area contributed by atoms with Crippen LogP contribution in [0.3, 0.4) is 0 Å². The topological polar surface area (TPSA) is 27.7 Å². The van der Waals surface area contributed by atoms with E-state index in [0.29, 0.717) is 48.0 Å². The van der Waals surface area contributed by atoms with Crippen LogP contribution in [0.5, 0.6) is 5.75 Å². The normalized spacial score (nSPS) is 17.9. The molecule has 1 heterocycles. The van der Waals surface area contributed by atoms with Crippen LogP contribution < -0.4 is 4.74 Å². The van der Waals surface area contributed by atoms with E-state index in [4.69, 9.17) is 14.2 Å². The Hall–Kier alpha value is -3.09. The number of benzene rings is 3. The Balaban J connectivity index is 1.43. The van der Waals surface area contributed by atoms with Crippen LogP contribution in [-0.2, 0) is 9.47 Å². The van der Waals surface area contributed by atoms with Crippen molar-refractivity contribution in [3.8, 4) is 28.0 Å². The largest absolute Gasteiger partial charge is 0.490 e. The van der Waals surface area contributed by atoms with Crippen LogP contribution in [-0.4, -0.2) is 19.8 Å². The van der Waals surface area contributed by atoms with Gasteiger partial charge in [0.15, 0.2) is 17.9 Å². The summed E-state index contributed by atoms with van der Waals surface area (Å²) in [4.78, 5) is 0. The van der Waals surface area contributed by atoms with Crippen molar-refractivity contribution in [2.45, 2.75) is 45.8 Å². The van der Waals surface area contributed by atoms with Gasteiger partial charge in [-0.2, -0.15) is 4.39 Å². The van der Waals surface area contributed by atoms with Crippen molar-refractivity contribution in [1.82, 2.24) is 0 Å². The predicted molar refractivity (Wildman–Crippen MR) is 140 cm³/mol. The minimum absolute atomic E-state index is 0.0939. The number of hydrogen-bond acceptors (Lipinski definition) is 3. The summed E-state index contributed by atoms with van der Waals surface area (Å²) in [6.07, 6.45) is 7.22. The van der Waals surface area contributed by atoms with Gasteiger partial charge in [0.1, 0.15) is 5.82 Å². The molecular weight excluding hydrogens is 477 g/mol. The van der Waals surface area contributed by atoms with E-state index in [1.54, 1.807) is 36.4 Å². The molecule has 0 spiro atoms. The first-order valence-corrected chi connectivity index (χ1v) is 12.9. The van der Waals surface area contributed by atoms with Gasteiger partial charge in [-0.25, -0.2) is 8.78 Å². The van der Waals surface area contributed by atoms with E-state index in [-0.39, 0.29) is 11.3 Å². The number of ether oxygens (including phenoxy) is 3. The molecule has 1 aliphatic heterocycles. The second kappa shape index (κ2) is 12.9. The van der Waals surface area contributed by atoms with E-state index < -0.39 is 23.7 Å².